The van der Waals surface area contributed by atoms with Gasteiger partial charge in [0, 0.05) is 24.2 Å². The van der Waals surface area contributed by atoms with Crippen LogP contribution in [0, 0.1) is 5.82 Å². The van der Waals surface area contributed by atoms with Crippen molar-refractivity contribution < 1.29 is 14.7 Å². The molecule has 0 aliphatic rings. The second kappa shape index (κ2) is 7.06. The summed E-state index contributed by atoms with van der Waals surface area (Å²) in [6, 6.07) is 4.46. The summed E-state index contributed by atoms with van der Waals surface area (Å²) in [6.07, 6.45) is 0.274. The summed E-state index contributed by atoms with van der Waals surface area (Å²) in [7, 11) is 1.86. The predicted octanol–water partition coefficient (Wildman–Crippen LogP) is 1.12. The number of halogens is 1. The molecule has 1 rings (SSSR count). The Morgan fingerprint density at radius 3 is 2.74 bits per heavy atom. The van der Waals surface area contributed by atoms with E-state index in [4.69, 9.17) is 10.9 Å². The molecule has 0 aliphatic carbocycles. The fraction of sp³-hybridized carbons (Fsp3) is 0.462. The van der Waals surface area contributed by atoms with Gasteiger partial charge in [0.25, 0.3) is 0 Å². The van der Waals surface area contributed by atoms with Gasteiger partial charge in [-0.25, -0.2) is 4.39 Å². The number of hydrogen-bond acceptors (Lipinski definition) is 4. The first-order chi connectivity index (χ1) is 8.93. The molecule has 1 atom stereocenters. The topological polar surface area (TPSA) is 82.1 Å². The highest BCUT2D eigenvalue weighted by Crippen LogP contribution is 2.12. The third kappa shape index (κ3) is 4.84. The van der Waals surface area contributed by atoms with Crippen molar-refractivity contribution in [2.45, 2.75) is 26.0 Å². The summed E-state index contributed by atoms with van der Waals surface area (Å²) in [5.41, 5.74) is 6.26. The highest BCUT2D eigenvalue weighted by molar-refractivity contribution is 5.97. The van der Waals surface area contributed by atoms with Gasteiger partial charge in [-0.3, -0.25) is 0 Å². The van der Waals surface area contributed by atoms with Crippen LogP contribution in [0.1, 0.15) is 24.5 Å². The monoisotopic (exact) mass is 269 g/mol. The average molecular weight is 269 g/mol. The zero-order valence-corrected chi connectivity index (χ0v) is 11.2. The number of nitrogens with zero attached hydrogens (tertiary/aromatic N) is 2. The molecule has 5 nitrogen and oxygen atoms in total. The van der Waals surface area contributed by atoms with Gasteiger partial charge in [0.1, 0.15) is 5.82 Å². The molecule has 0 spiro atoms. The third-order valence-electron chi connectivity index (χ3n) is 2.83. The largest absolute Gasteiger partial charge is 0.409 e. The van der Waals surface area contributed by atoms with Crippen LogP contribution in [0.2, 0.25) is 0 Å². The van der Waals surface area contributed by atoms with Crippen LogP contribution < -0.4 is 5.73 Å². The van der Waals surface area contributed by atoms with Crippen LogP contribution in [0.15, 0.2) is 23.4 Å². The van der Waals surface area contributed by atoms with Crippen molar-refractivity contribution in [1.82, 2.24) is 4.90 Å². The molecule has 19 heavy (non-hydrogen) atoms. The number of hydrogen-bond donors (Lipinski definition) is 3. The molecule has 0 fully saturated rings. The normalized spacial score (nSPS) is 13.8. The maximum atomic E-state index is 13.8. The molecule has 1 unspecified atom stereocenters. The standard InChI is InChI=1S/C13H20FN3O2/c1-9(18)5-6-17(2)8-11-4-3-10(7-12(11)14)13(15)16-19/h3-4,7,9,18-19H,5-6,8H2,1-2H3,(H2,15,16). The zero-order valence-electron chi connectivity index (χ0n) is 11.2. The van der Waals surface area contributed by atoms with Gasteiger partial charge >= 0.3 is 0 Å². The molecular formula is C13H20FN3O2. The van der Waals surface area contributed by atoms with Crippen molar-refractivity contribution in [3.05, 3.63) is 35.1 Å². The molecule has 106 valence electrons. The molecule has 0 radical (unpaired) electrons. The fourth-order valence-corrected chi connectivity index (χ4v) is 1.67. The number of rotatable bonds is 6. The van der Waals surface area contributed by atoms with Crippen LogP contribution >= 0.6 is 0 Å². The summed E-state index contributed by atoms with van der Waals surface area (Å²) in [5.74, 6) is -0.513. The molecule has 0 aliphatic heterocycles. The lowest BCUT2D eigenvalue weighted by Gasteiger charge is -2.18. The van der Waals surface area contributed by atoms with Crippen LogP contribution in [0.5, 0.6) is 0 Å². The minimum absolute atomic E-state index is 0.118. The first kappa shape index (κ1) is 15.4. The van der Waals surface area contributed by atoms with Crippen molar-refractivity contribution in [1.29, 1.82) is 0 Å². The quantitative estimate of drug-likeness (QED) is 0.313. The Kier molecular flexibility index (Phi) is 5.72. The molecule has 0 bridgehead atoms. The highest BCUT2D eigenvalue weighted by atomic mass is 19.1. The summed E-state index contributed by atoms with van der Waals surface area (Å²) < 4.78 is 13.8. The van der Waals surface area contributed by atoms with Crippen molar-refractivity contribution >= 4 is 5.84 Å². The molecule has 1 aromatic rings. The number of oxime groups is 1. The van der Waals surface area contributed by atoms with Crippen molar-refractivity contribution in [3.8, 4) is 0 Å². The van der Waals surface area contributed by atoms with Crippen LogP contribution in [-0.4, -0.2) is 40.7 Å². The van der Waals surface area contributed by atoms with E-state index in [0.717, 1.165) is 0 Å². The summed E-state index contributed by atoms with van der Waals surface area (Å²) >= 11 is 0. The lowest BCUT2D eigenvalue weighted by atomic mass is 10.1. The number of aliphatic hydroxyl groups excluding tert-OH is 1. The molecule has 6 heteroatoms. The summed E-state index contributed by atoms with van der Waals surface area (Å²) in [6.45, 7) is 2.84. The number of benzene rings is 1. The second-order valence-corrected chi connectivity index (χ2v) is 4.67. The fourth-order valence-electron chi connectivity index (χ4n) is 1.67. The van der Waals surface area contributed by atoms with Gasteiger partial charge < -0.3 is 20.9 Å². The Hall–Kier alpha value is -1.66. The van der Waals surface area contributed by atoms with Crippen molar-refractivity contribution in [3.63, 3.8) is 0 Å². The van der Waals surface area contributed by atoms with E-state index in [1.54, 1.807) is 19.1 Å². The van der Waals surface area contributed by atoms with E-state index in [-0.39, 0.29) is 11.9 Å². The third-order valence-corrected chi connectivity index (χ3v) is 2.83. The Balaban J connectivity index is 2.69. The van der Waals surface area contributed by atoms with Gasteiger partial charge in [0.05, 0.1) is 6.10 Å². The van der Waals surface area contributed by atoms with Crippen molar-refractivity contribution in [2.75, 3.05) is 13.6 Å². The average Bonchev–Trinajstić information content (AvgIpc) is 2.37. The molecule has 0 amide bonds. The second-order valence-electron chi connectivity index (χ2n) is 4.67. The van der Waals surface area contributed by atoms with E-state index in [0.29, 0.717) is 30.6 Å². The van der Waals surface area contributed by atoms with Gasteiger partial charge in [-0.1, -0.05) is 17.3 Å². The Bertz CT molecular complexity index is 450. The molecule has 4 N–H and O–H groups in total. The van der Waals surface area contributed by atoms with E-state index < -0.39 is 5.82 Å². The number of nitrogens with two attached hydrogens (primary N) is 1. The lowest BCUT2D eigenvalue weighted by Crippen LogP contribution is -2.23. The van der Waals surface area contributed by atoms with Crippen LogP contribution in [-0.2, 0) is 6.54 Å². The van der Waals surface area contributed by atoms with Gasteiger partial charge in [-0.15, -0.1) is 0 Å². The van der Waals surface area contributed by atoms with E-state index >= 15 is 0 Å². The summed E-state index contributed by atoms with van der Waals surface area (Å²) in [4.78, 5) is 1.92. The van der Waals surface area contributed by atoms with Gasteiger partial charge in [0.15, 0.2) is 5.84 Å². The Labute approximate surface area is 112 Å². The smallest absolute Gasteiger partial charge is 0.170 e. The zero-order chi connectivity index (χ0) is 14.4. The van der Waals surface area contributed by atoms with Crippen molar-refractivity contribution in [2.24, 2.45) is 10.9 Å². The van der Waals surface area contributed by atoms with E-state index in [1.807, 2.05) is 11.9 Å². The van der Waals surface area contributed by atoms with Crippen LogP contribution in [0.4, 0.5) is 4.39 Å². The SMILES string of the molecule is CC(O)CCN(C)Cc1ccc(/C(N)=N/O)cc1F. The minimum Gasteiger partial charge on any atom is -0.409 e. The molecule has 0 saturated heterocycles. The van der Waals surface area contributed by atoms with Gasteiger partial charge in [0.2, 0.25) is 0 Å². The molecule has 0 saturated carbocycles. The highest BCUT2D eigenvalue weighted by Gasteiger charge is 2.09. The maximum absolute atomic E-state index is 13.8. The predicted molar refractivity (Wildman–Crippen MR) is 71.5 cm³/mol. The van der Waals surface area contributed by atoms with E-state index in [9.17, 15) is 9.50 Å². The lowest BCUT2D eigenvalue weighted by molar-refractivity contribution is 0.162. The molecule has 0 aromatic heterocycles. The first-order valence-electron chi connectivity index (χ1n) is 6.07. The van der Waals surface area contributed by atoms with E-state index in [2.05, 4.69) is 5.16 Å². The molecular weight excluding hydrogens is 249 g/mol. The maximum Gasteiger partial charge on any atom is 0.170 e. The summed E-state index contributed by atoms with van der Waals surface area (Å²) in [5, 5.41) is 20.5. The minimum atomic E-state index is -0.395. The molecule has 1 aromatic carbocycles. The number of amidine groups is 1. The van der Waals surface area contributed by atoms with Crippen LogP contribution in [0.3, 0.4) is 0 Å². The Morgan fingerprint density at radius 2 is 2.21 bits per heavy atom. The number of aliphatic hydroxyl groups is 1. The van der Waals surface area contributed by atoms with Gasteiger partial charge in [-0.05, 0) is 26.5 Å². The van der Waals surface area contributed by atoms with Gasteiger partial charge in [-0.2, -0.15) is 0 Å². The first-order valence-corrected chi connectivity index (χ1v) is 6.07. The van der Waals surface area contributed by atoms with Crippen LogP contribution in [0.25, 0.3) is 0 Å². The molecule has 0 heterocycles. The Morgan fingerprint density at radius 1 is 1.53 bits per heavy atom. The van der Waals surface area contributed by atoms with E-state index in [1.165, 1.54) is 6.07 Å².